The molecule has 13 heteroatoms. The number of ether oxygens (including phenoxy) is 1. The minimum absolute atomic E-state index is 0.182. The molecule has 0 radical (unpaired) electrons. The summed E-state index contributed by atoms with van der Waals surface area (Å²) in [6.07, 6.45) is -4.06. The quantitative estimate of drug-likeness (QED) is 0.209. The number of oxazole rings is 1. The number of hydrogen-bond donors (Lipinski definition) is 2. The molecular weight excluding hydrogens is 575 g/mol. The van der Waals surface area contributed by atoms with E-state index in [-0.39, 0.29) is 19.0 Å². The Balaban J connectivity index is 1.35. The first-order valence-electron chi connectivity index (χ1n) is 12.7. The highest BCUT2D eigenvalue weighted by Crippen LogP contribution is 2.31. The minimum atomic E-state index is -4.43. The first-order valence-corrected chi connectivity index (χ1v) is 14.2. The van der Waals surface area contributed by atoms with Gasteiger partial charge in [-0.3, -0.25) is 9.52 Å². The molecule has 3 aromatic carbocycles. The third-order valence-electron chi connectivity index (χ3n) is 6.19. The van der Waals surface area contributed by atoms with E-state index < -0.39 is 34.5 Å². The van der Waals surface area contributed by atoms with Crippen molar-refractivity contribution >= 4 is 21.9 Å². The maximum absolute atomic E-state index is 12.9. The molecule has 9 nitrogen and oxygen atoms in total. The van der Waals surface area contributed by atoms with Gasteiger partial charge in [-0.05, 0) is 67.9 Å². The number of aliphatic carboxylic acids is 1. The van der Waals surface area contributed by atoms with E-state index in [0.29, 0.717) is 40.4 Å². The monoisotopic (exact) mass is 603 g/mol. The summed E-state index contributed by atoms with van der Waals surface area (Å²) in [5, 5.41) is 9.28. The van der Waals surface area contributed by atoms with E-state index in [4.69, 9.17) is 9.15 Å². The van der Waals surface area contributed by atoms with E-state index in [0.717, 1.165) is 22.0 Å². The molecule has 4 aromatic rings. The molecule has 222 valence electrons. The molecule has 0 atom stereocenters. The Hall–Kier alpha value is -4.36. The van der Waals surface area contributed by atoms with Gasteiger partial charge in [0.15, 0.2) is 0 Å². The molecule has 0 spiro atoms. The molecule has 0 saturated heterocycles. The van der Waals surface area contributed by atoms with Crippen LogP contribution in [0.2, 0.25) is 0 Å². The molecule has 0 aliphatic heterocycles. The fourth-order valence-corrected chi connectivity index (χ4v) is 5.12. The smallest absolute Gasteiger partial charge is 0.416 e. The summed E-state index contributed by atoms with van der Waals surface area (Å²) in [5.74, 6) is -0.0803. The van der Waals surface area contributed by atoms with E-state index in [9.17, 15) is 31.5 Å². The van der Waals surface area contributed by atoms with E-state index in [1.807, 2.05) is 6.92 Å². The molecule has 2 N–H and O–H groups in total. The van der Waals surface area contributed by atoms with Crippen LogP contribution in [0.5, 0.6) is 5.75 Å². The summed E-state index contributed by atoms with van der Waals surface area (Å²) in [6, 6.07) is 17.7. The van der Waals surface area contributed by atoms with E-state index in [1.165, 1.54) is 12.1 Å². The van der Waals surface area contributed by atoms with E-state index in [1.54, 1.807) is 55.5 Å². The fourth-order valence-electron chi connectivity index (χ4n) is 3.96. The Morgan fingerprint density at radius 3 is 2.24 bits per heavy atom. The van der Waals surface area contributed by atoms with Crippen molar-refractivity contribution in [2.75, 3.05) is 17.9 Å². The Morgan fingerprint density at radius 2 is 1.64 bits per heavy atom. The molecule has 0 aliphatic carbocycles. The van der Waals surface area contributed by atoms with Crippen molar-refractivity contribution in [3.8, 4) is 17.2 Å². The van der Waals surface area contributed by atoms with Gasteiger partial charge >= 0.3 is 22.4 Å². The van der Waals surface area contributed by atoms with Crippen LogP contribution in [0.1, 0.15) is 28.1 Å². The Bertz CT molecular complexity index is 1620. The largest absolute Gasteiger partial charge is 0.493 e. The number of halogens is 3. The lowest BCUT2D eigenvalue weighted by Gasteiger charge is -2.21. The summed E-state index contributed by atoms with van der Waals surface area (Å²) in [5.41, 5.74) is 2.06. The second kappa shape index (κ2) is 12.7. The average molecular weight is 604 g/mol. The van der Waals surface area contributed by atoms with E-state index >= 15 is 0 Å². The zero-order chi connectivity index (χ0) is 30.5. The summed E-state index contributed by atoms with van der Waals surface area (Å²) >= 11 is 0. The second-order valence-corrected chi connectivity index (χ2v) is 11.1. The van der Waals surface area contributed by atoms with Crippen LogP contribution >= 0.6 is 0 Å². The fraction of sp³-hybridized carbons (Fsp3) is 0.241. The van der Waals surface area contributed by atoms with Gasteiger partial charge in [-0.15, -0.1) is 0 Å². The zero-order valence-electron chi connectivity index (χ0n) is 22.7. The van der Waals surface area contributed by atoms with Gasteiger partial charge in [0.05, 0.1) is 17.9 Å². The van der Waals surface area contributed by atoms with Crippen molar-refractivity contribution in [2.45, 2.75) is 33.0 Å². The highest BCUT2D eigenvalue weighted by molar-refractivity contribution is 7.90. The van der Waals surface area contributed by atoms with Crippen LogP contribution < -0.4 is 9.46 Å². The number of carboxylic acids is 1. The van der Waals surface area contributed by atoms with Gasteiger partial charge in [-0.25, -0.2) is 4.98 Å². The summed E-state index contributed by atoms with van der Waals surface area (Å²) < 4.78 is 78.9. The van der Waals surface area contributed by atoms with Crippen LogP contribution in [0, 0.1) is 13.8 Å². The molecule has 1 heterocycles. The Morgan fingerprint density at radius 1 is 1.00 bits per heavy atom. The normalized spacial score (nSPS) is 12.0. The molecule has 0 saturated carbocycles. The number of rotatable bonds is 12. The topological polar surface area (TPSA) is 122 Å². The SMILES string of the molecule is Cc1ccc(NS(=O)(=O)N(CC(=O)O)Cc2ccc(OCCc3nc(-c4ccc(C(F)(F)F)cc4)oc3C)cc2)cc1. The number of nitrogens with zero attached hydrogens (tertiary/aromatic N) is 2. The number of aryl methyl sites for hydroxylation is 2. The molecule has 4 rings (SSSR count). The molecule has 0 fully saturated rings. The van der Waals surface area contributed by atoms with Crippen molar-refractivity contribution < 1.29 is 40.6 Å². The lowest BCUT2D eigenvalue weighted by Crippen LogP contribution is -2.39. The van der Waals surface area contributed by atoms with Gasteiger partial charge in [0.2, 0.25) is 5.89 Å². The van der Waals surface area contributed by atoms with Crippen LogP contribution in [-0.2, 0) is 34.1 Å². The standard InChI is InChI=1S/C29H28F3N3O6S/c1-19-3-11-24(12-4-19)34-42(38,39)35(18-27(36)37)17-21-5-13-25(14-6-21)40-16-15-26-20(2)41-28(33-26)22-7-9-23(10-8-22)29(30,31)32/h3-14,34H,15-18H2,1-2H3,(H,36,37). The number of benzene rings is 3. The first kappa shape index (κ1) is 30.6. The highest BCUT2D eigenvalue weighted by Gasteiger charge is 2.30. The number of aromatic nitrogens is 1. The van der Waals surface area contributed by atoms with Gasteiger partial charge < -0.3 is 14.3 Å². The molecule has 42 heavy (non-hydrogen) atoms. The Labute approximate surface area is 240 Å². The van der Waals surface area contributed by atoms with Gasteiger partial charge in [0, 0.05) is 24.2 Å². The third-order valence-corrected chi connectivity index (χ3v) is 7.62. The van der Waals surface area contributed by atoms with Gasteiger partial charge in [0.25, 0.3) is 0 Å². The number of anilines is 1. The molecular formula is C29H28F3N3O6S. The average Bonchev–Trinajstić information content (AvgIpc) is 3.30. The van der Waals surface area contributed by atoms with Crippen LogP contribution in [0.15, 0.2) is 77.2 Å². The minimum Gasteiger partial charge on any atom is -0.493 e. The van der Waals surface area contributed by atoms with Crippen molar-refractivity contribution in [3.63, 3.8) is 0 Å². The molecule has 0 aliphatic rings. The second-order valence-electron chi connectivity index (χ2n) is 9.47. The molecule has 0 bridgehead atoms. The maximum Gasteiger partial charge on any atom is 0.416 e. The number of carboxylic acid groups (broad SMARTS) is 1. The van der Waals surface area contributed by atoms with Crippen LogP contribution in [0.4, 0.5) is 18.9 Å². The predicted octanol–water partition coefficient (Wildman–Crippen LogP) is 5.84. The number of hydrogen-bond acceptors (Lipinski definition) is 6. The zero-order valence-corrected chi connectivity index (χ0v) is 23.5. The summed E-state index contributed by atoms with van der Waals surface area (Å²) in [4.78, 5) is 15.8. The van der Waals surface area contributed by atoms with Crippen molar-refractivity contribution in [1.29, 1.82) is 0 Å². The van der Waals surface area contributed by atoms with Crippen LogP contribution in [-0.4, -0.2) is 41.9 Å². The molecule has 0 unspecified atom stereocenters. The van der Waals surface area contributed by atoms with Gasteiger partial charge in [-0.2, -0.15) is 25.9 Å². The van der Waals surface area contributed by atoms with Crippen molar-refractivity contribution in [3.05, 3.63) is 101 Å². The number of alkyl halides is 3. The van der Waals surface area contributed by atoms with Crippen LogP contribution in [0.3, 0.4) is 0 Å². The number of carbonyl (C=O) groups is 1. The van der Waals surface area contributed by atoms with Gasteiger partial charge in [-0.1, -0.05) is 29.8 Å². The lowest BCUT2D eigenvalue weighted by atomic mass is 10.1. The first-order chi connectivity index (χ1) is 19.8. The molecule has 0 amide bonds. The third kappa shape index (κ3) is 8.10. The lowest BCUT2D eigenvalue weighted by molar-refractivity contribution is -0.138. The predicted molar refractivity (Wildman–Crippen MR) is 149 cm³/mol. The summed E-state index contributed by atoms with van der Waals surface area (Å²) in [6.45, 7) is 2.87. The summed E-state index contributed by atoms with van der Waals surface area (Å²) in [7, 11) is -4.16. The van der Waals surface area contributed by atoms with Gasteiger partial charge in [0.1, 0.15) is 18.1 Å². The van der Waals surface area contributed by atoms with Crippen molar-refractivity contribution in [1.82, 2.24) is 9.29 Å². The van der Waals surface area contributed by atoms with Crippen LogP contribution in [0.25, 0.3) is 11.5 Å². The highest BCUT2D eigenvalue weighted by atomic mass is 32.2. The Kier molecular flexibility index (Phi) is 9.22. The van der Waals surface area contributed by atoms with E-state index in [2.05, 4.69) is 9.71 Å². The number of nitrogens with one attached hydrogen (secondary N) is 1. The molecule has 1 aromatic heterocycles. The van der Waals surface area contributed by atoms with Crippen molar-refractivity contribution in [2.24, 2.45) is 0 Å². The maximum atomic E-state index is 12.9.